The summed E-state index contributed by atoms with van der Waals surface area (Å²) in [5, 5.41) is 9.33. The Bertz CT molecular complexity index is 842. The van der Waals surface area contributed by atoms with Gasteiger partial charge in [0.15, 0.2) is 0 Å². The molecule has 0 bridgehead atoms. The fourth-order valence-corrected chi connectivity index (χ4v) is 2.74. The molecule has 1 aromatic heterocycles. The van der Waals surface area contributed by atoms with Crippen LogP contribution in [0.25, 0.3) is 0 Å². The number of hydrogen-bond donors (Lipinski definition) is 0. The van der Waals surface area contributed by atoms with Crippen LogP contribution in [0.2, 0.25) is 0 Å². The Hall–Kier alpha value is -3.32. The van der Waals surface area contributed by atoms with E-state index in [4.69, 9.17) is 13.9 Å². The fourth-order valence-electron chi connectivity index (χ4n) is 2.74. The van der Waals surface area contributed by atoms with Gasteiger partial charge in [0.2, 0.25) is 0 Å². The van der Waals surface area contributed by atoms with E-state index in [0.29, 0.717) is 18.4 Å². The predicted octanol–water partition coefficient (Wildman–Crippen LogP) is 4.63. The van der Waals surface area contributed by atoms with Gasteiger partial charge >= 0.3 is 11.5 Å². The lowest BCUT2D eigenvalue weighted by Gasteiger charge is -2.01. The molecule has 3 aromatic rings. The molecule has 0 unspecified atom stereocenters. The van der Waals surface area contributed by atoms with Crippen LogP contribution in [0.1, 0.15) is 28.2 Å². The molecule has 0 radical (unpaired) electrons. The van der Waals surface area contributed by atoms with E-state index in [0.717, 1.165) is 34.1 Å². The van der Waals surface area contributed by atoms with Crippen LogP contribution in [0.15, 0.2) is 65.1 Å². The molecule has 0 saturated heterocycles. The zero-order chi connectivity index (χ0) is 18.4. The zero-order valence-corrected chi connectivity index (χ0v) is 14.9. The topological polar surface area (TPSA) is 53.5 Å². The molecule has 130 valence electrons. The number of rotatable bonds is 6. The molecular formula is C22H20NO3+. The van der Waals surface area contributed by atoms with E-state index in [2.05, 4.69) is 6.07 Å². The second-order valence-electron chi connectivity index (χ2n) is 5.94. The summed E-state index contributed by atoms with van der Waals surface area (Å²) in [7, 11) is 3.29. The molecule has 0 aliphatic carbocycles. The van der Waals surface area contributed by atoms with Crippen molar-refractivity contribution in [1.82, 2.24) is 0 Å². The van der Waals surface area contributed by atoms with Crippen molar-refractivity contribution in [2.75, 3.05) is 14.2 Å². The Labute approximate surface area is 153 Å². The van der Waals surface area contributed by atoms with Gasteiger partial charge in [-0.15, -0.1) is 0 Å². The van der Waals surface area contributed by atoms with Crippen molar-refractivity contribution in [3.05, 3.63) is 88.9 Å². The summed E-state index contributed by atoms with van der Waals surface area (Å²) >= 11 is 0. The van der Waals surface area contributed by atoms with Gasteiger partial charge in [-0.1, -0.05) is 24.3 Å². The van der Waals surface area contributed by atoms with Gasteiger partial charge in [-0.25, -0.2) is 4.42 Å². The van der Waals surface area contributed by atoms with Crippen LogP contribution in [0.4, 0.5) is 0 Å². The molecule has 0 aliphatic rings. The number of hydrogen-bond acceptors (Lipinski definition) is 3. The van der Waals surface area contributed by atoms with Crippen LogP contribution in [0, 0.1) is 11.3 Å². The van der Waals surface area contributed by atoms with E-state index in [-0.39, 0.29) is 0 Å². The van der Waals surface area contributed by atoms with Crippen molar-refractivity contribution in [3.63, 3.8) is 0 Å². The molecule has 3 rings (SSSR count). The highest BCUT2D eigenvalue weighted by Gasteiger charge is 2.17. The normalized spacial score (nSPS) is 10.2. The third-order valence-corrected chi connectivity index (χ3v) is 4.10. The smallest absolute Gasteiger partial charge is 0.335 e. The van der Waals surface area contributed by atoms with Gasteiger partial charge in [0, 0.05) is 0 Å². The summed E-state index contributed by atoms with van der Waals surface area (Å²) in [5.41, 5.74) is 2.79. The van der Waals surface area contributed by atoms with Gasteiger partial charge in [0.25, 0.3) is 0 Å². The molecule has 26 heavy (non-hydrogen) atoms. The molecule has 0 aliphatic heterocycles. The average Bonchev–Trinajstić information content (AvgIpc) is 2.69. The third kappa shape index (κ3) is 4.40. The van der Waals surface area contributed by atoms with E-state index in [1.54, 1.807) is 26.4 Å². The van der Waals surface area contributed by atoms with Crippen LogP contribution >= 0.6 is 0 Å². The standard InChI is InChI=1S/C22H20NO3/c1-24-19-7-3-16(4-8-19)11-21-13-18(15-23)14-22(26-21)12-17-5-9-20(25-2)10-6-17/h3-10,13-14H,11-12H2,1-2H3/q+1. The van der Waals surface area contributed by atoms with E-state index in [1.807, 2.05) is 48.5 Å². The van der Waals surface area contributed by atoms with E-state index in [9.17, 15) is 5.26 Å². The Morgan fingerprint density at radius 2 is 1.19 bits per heavy atom. The minimum Gasteiger partial charge on any atom is -0.497 e. The molecule has 0 amide bonds. The fraction of sp³-hybridized carbons (Fsp3) is 0.182. The molecule has 0 atom stereocenters. The van der Waals surface area contributed by atoms with Crippen LogP contribution in [-0.2, 0) is 12.8 Å². The first-order valence-electron chi connectivity index (χ1n) is 8.32. The van der Waals surface area contributed by atoms with Gasteiger partial charge in [-0.2, -0.15) is 5.26 Å². The number of nitrogens with zero attached hydrogens (tertiary/aromatic N) is 1. The molecular weight excluding hydrogens is 326 g/mol. The lowest BCUT2D eigenvalue weighted by Crippen LogP contribution is -1.95. The summed E-state index contributed by atoms with van der Waals surface area (Å²) in [6, 6.07) is 21.5. The van der Waals surface area contributed by atoms with Gasteiger partial charge < -0.3 is 9.47 Å². The van der Waals surface area contributed by atoms with Crippen molar-refractivity contribution < 1.29 is 13.9 Å². The Morgan fingerprint density at radius 3 is 1.54 bits per heavy atom. The van der Waals surface area contributed by atoms with Crippen LogP contribution < -0.4 is 9.47 Å². The number of benzene rings is 2. The largest absolute Gasteiger partial charge is 0.497 e. The Morgan fingerprint density at radius 1 is 0.769 bits per heavy atom. The molecule has 1 heterocycles. The van der Waals surface area contributed by atoms with Gasteiger partial charge in [0.05, 0.1) is 50.8 Å². The second kappa shape index (κ2) is 8.17. The van der Waals surface area contributed by atoms with Gasteiger partial charge in [-0.3, -0.25) is 0 Å². The lowest BCUT2D eigenvalue weighted by atomic mass is 10.1. The van der Waals surface area contributed by atoms with Crippen molar-refractivity contribution in [2.24, 2.45) is 0 Å². The van der Waals surface area contributed by atoms with Gasteiger partial charge in [0.1, 0.15) is 11.5 Å². The Kier molecular flexibility index (Phi) is 5.50. The average molecular weight is 346 g/mol. The highest BCUT2D eigenvalue weighted by Crippen LogP contribution is 2.20. The second-order valence-corrected chi connectivity index (χ2v) is 5.94. The maximum absolute atomic E-state index is 9.33. The zero-order valence-electron chi connectivity index (χ0n) is 14.9. The molecule has 4 nitrogen and oxygen atoms in total. The molecule has 0 fully saturated rings. The maximum atomic E-state index is 9.33. The number of ether oxygens (including phenoxy) is 2. The summed E-state index contributed by atoms with van der Waals surface area (Å²) in [6.07, 6.45) is 1.24. The number of methoxy groups -OCH3 is 2. The van der Waals surface area contributed by atoms with E-state index < -0.39 is 0 Å². The first kappa shape index (κ1) is 17.5. The third-order valence-electron chi connectivity index (χ3n) is 4.10. The lowest BCUT2D eigenvalue weighted by molar-refractivity contribution is 0.414. The monoisotopic (exact) mass is 346 g/mol. The molecule has 4 heteroatoms. The highest BCUT2D eigenvalue weighted by molar-refractivity contribution is 5.36. The minimum absolute atomic E-state index is 0.600. The van der Waals surface area contributed by atoms with Crippen molar-refractivity contribution in [1.29, 1.82) is 5.26 Å². The minimum atomic E-state index is 0.600. The number of nitriles is 1. The quantitative estimate of drug-likeness (QED) is 0.611. The summed E-state index contributed by atoms with van der Waals surface area (Å²) in [5.74, 6) is 3.16. The van der Waals surface area contributed by atoms with Crippen LogP contribution in [0.3, 0.4) is 0 Å². The molecule has 2 aromatic carbocycles. The molecule has 0 N–H and O–H groups in total. The summed E-state index contributed by atoms with van der Waals surface area (Å²) in [4.78, 5) is 0. The summed E-state index contributed by atoms with van der Waals surface area (Å²) < 4.78 is 16.4. The van der Waals surface area contributed by atoms with Crippen molar-refractivity contribution >= 4 is 0 Å². The molecule has 0 saturated carbocycles. The first-order valence-corrected chi connectivity index (χ1v) is 8.32. The van der Waals surface area contributed by atoms with Crippen LogP contribution in [-0.4, -0.2) is 14.2 Å². The SMILES string of the molecule is COc1ccc(Cc2cc(C#N)cc(Cc3ccc(OC)cc3)[o+]2)cc1. The Balaban J connectivity index is 1.82. The van der Waals surface area contributed by atoms with Gasteiger partial charge in [-0.05, 0) is 35.4 Å². The predicted molar refractivity (Wildman–Crippen MR) is 99.4 cm³/mol. The van der Waals surface area contributed by atoms with Crippen molar-refractivity contribution in [3.8, 4) is 17.6 Å². The molecule has 0 spiro atoms. The van der Waals surface area contributed by atoms with E-state index >= 15 is 0 Å². The van der Waals surface area contributed by atoms with Crippen molar-refractivity contribution in [2.45, 2.75) is 12.8 Å². The first-order chi connectivity index (χ1) is 12.7. The summed E-state index contributed by atoms with van der Waals surface area (Å²) in [6.45, 7) is 0. The van der Waals surface area contributed by atoms with Crippen LogP contribution in [0.5, 0.6) is 11.5 Å². The van der Waals surface area contributed by atoms with E-state index in [1.165, 1.54) is 0 Å². The highest BCUT2D eigenvalue weighted by atomic mass is 16.5. The maximum Gasteiger partial charge on any atom is 0.335 e.